The third-order valence-electron chi connectivity index (χ3n) is 5.56. The molecule has 1 amide bonds. The second-order valence-electron chi connectivity index (χ2n) is 8.03. The van der Waals surface area contributed by atoms with Gasteiger partial charge in [-0.15, -0.1) is 0 Å². The Morgan fingerprint density at radius 1 is 1.03 bits per heavy atom. The molecule has 0 aliphatic heterocycles. The van der Waals surface area contributed by atoms with E-state index in [-0.39, 0.29) is 5.91 Å². The standard InChI is InChI=1S/C26H32ClN3O/c1-3-4-5-6-8-20-9-11-21(12-10-20)26(31)30(2)18-7-16-28-24-15-17-29-25-19-22(27)13-14-23(24)25/h9-15,17,19H,3-8,16,18H2,1-2H3,(H,28,29). The highest BCUT2D eigenvalue weighted by Gasteiger charge is 2.11. The number of aromatic nitrogens is 1. The monoisotopic (exact) mass is 437 g/mol. The average molecular weight is 438 g/mol. The minimum absolute atomic E-state index is 0.0709. The van der Waals surface area contributed by atoms with Gasteiger partial charge >= 0.3 is 0 Å². The molecule has 0 atom stereocenters. The molecule has 0 saturated heterocycles. The summed E-state index contributed by atoms with van der Waals surface area (Å²) in [4.78, 5) is 18.9. The van der Waals surface area contributed by atoms with E-state index < -0.39 is 0 Å². The molecule has 0 bridgehead atoms. The maximum atomic E-state index is 12.7. The van der Waals surface area contributed by atoms with Crippen LogP contribution in [0.25, 0.3) is 10.9 Å². The van der Waals surface area contributed by atoms with Crippen LogP contribution in [-0.4, -0.2) is 35.9 Å². The fourth-order valence-electron chi connectivity index (χ4n) is 3.71. The Morgan fingerprint density at radius 3 is 2.61 bits per heavy atom. The SMILES string of the molecule is CCCCCCc1ccc(C(=O)N(C)CCCNc2ccnc3cc(Cl)ccc23)cc1. The van der Waals surface area contributed by atoms with Crippen molar-refractivity contribution in [1.82, 2.24) is 9.88 Å². The van der Waals surface area contributed by atoms with Crippen LogP contribution in [0, 0.1) is 0 Å². The van der Waals surface area contributed by atoms with Crippen molar-refractivity contribution in [2.45, 2.75) is 45.4 Å². The molecule has 0 saturated carbocycles. The molecule has 0 unspecified atom stereocenters. The van der Waals surface area contributed by atoms with Crippen LogP contribution in [0.15, 0.2) is 54.7 Å². The number of amides is 1. The molecule has 1 N–H and O–H groups in total. The molecule has 0 fully saturated rings. The van der Waals surface area contributed by atoms with Crippen molar-refractivity contribution >= 4 is 34.1 Å². The largest absolute Gasteiger partial charge is 0.384 e. The molecule has 1 aromatic heterocycles. The number of aryl methyl sites for hydroxylation is 1. The van der Waals surface area contributed by atoms with E-state index in [0.717, 1.165) is 41.5 Å². The molecule has 0 radical (unpaired) electrons. The first kappa shape index (κ1) is 23.1. The van der Waals surface area contributed by atoms with E-state index in [0.29, 0.717) is 11.6 Å². The number of halogens is 1. The average Bonchev–Trinajstić information content (AvgIpc) is 2.79. The van der Waals surface area contributed by atoms with Gasteiger partial charge in [0.25, 0.3) is 5.91 Å². The van der Waals surface area contributed by atoms with Gasteiger partial charge in [0.15, 0.2) is 0 Å². The van der Waals surface area contributed by atoms with Gasteiger partial charge in [-0.25, -0.2) is 0 Å². The topological polar surface area (TPSA) is 45.2 Å². The van der Waals surface area contributed by atoms with Crippen molar-refractivity contribution in [3.63, 3.8) is 0 Å². The third kappa shape index (κ3) is 6.70. The summed E-state index contributed by atoms with van der Waals surface area (Å²) in [6.07, 6.45) is 8.77. The maximum Gasteiger partial charge on any atom is 0.253 e. The van der Waals surface area contributed by atoms with Gasteiger partial charge in [0, 0.05) is 48.0 Å². The van der Waals surface area contributed by atoms with Crippen LogP contribution in [0.2, 0.25) is 5.02 Å². The smallest absolute Gasteiger partial charge is 0.253 e. The number of benzene rings is 2. The number of fused-ring (bicyclic) bond motifs is 1. The number of pyridine rings is 1. The number of hydrogen-bond acceptors (Lipinski definition) is 3. The predicted octanol–water partition coefficient (Wildman–Crippen LogP) is 6.59. The quantitative estimate of drug-likeness (QED) is 0.344. The van der Waals surface area contributed by atoms with Gasteiger partial charge < -0.3 is 10.2 Å². The lowest BCUT2D eigenvalue weighted by Gasteiger charge is -2.18. The molecule has 3 rings (SSSR count). The number of nitrogens with zero attached hydrogens (tertiary/aromatic N) is 2. The van der Waals surface area contributed by atoms with Crippen molar-refractivity contribution in [2.75, 3.05) is 25.5 Å². The highest BCUT2D eigenvalue weighted by Crippen LogP contribution is 2.24. The molecule has 0 aliphatic rings. The first-order valence-electron chi connectivity index (χ1n) is 11.2. The predicted molar refractivity (Wildman–Crippen MR) is 131 cm³/mol. The van der Waals surface area contributed by atoms with Crippen molar-refractivity contribution < 1.29 is 4.79 Å². The zero-order chi connectivity index (χ0) is 22.1. The second kappa shape index (κ2) is 11.7. The van der Waals surface area contributed by atoms with Gasteiger partial charge in [-0.2, -0.15) is 0 Å². The number of anilines is 1. The Hall–Kier alpha value is -2.59. The molecule has 0 spiro atoms. The normalized spacial score (nSPS) is 10.9. The van der Waals surface area contributed by atoms with Crippen LogP contribution in [0.3, 0.4) is 0 Å². The van der Waals surface area contributed by atoms with E-state index in [9.17, 15) is 4.79 Å². The molecule has 164 valence electrons. The molecule has 2 aromatic carbocycles. The number of rotatable bonds is 11. The molecular formula is C26H32ClN3O. The first-order chi connectivity index (χ1) is 15.1. The van der Waals surface area contributed by atoms with E-state index in [4.69, 9.17) is 11.6 Å². The van der Waals surface area contributed by atoms with Gasteiger partial charge in [0.2, 0.25) is 0 Å². The van der Waals surface area contributed by atoms with Crippen LogP contribution >= 0.6 is 11.6 Å². The van der Waals surface area contributed by atoms with Crippen LogP contribution in [-0.2, 0) is 6.42 Å². The van der Waals surface area contributed by atoms with Gasteiger partial charge in [-0.3, -0.25) is 9.78 Å². The van der Waals surface area contributed by atoms with Gasteiger partial charge in [-0.05, 0) is 61.2 Å². The number of nitrogens with one attached hydrogen (secondary N) is 1. The van der Waals surface area contributed by atoms with Crippen LogP contribution in [0.5, 0.6) is 0 Å². The Kier molecular flexibility index (Phi) is 8.72. The lowest BCUT2D eigenvalue weighted by Crippen LogP contribution is -2.28. The van der Waals surface area contributed by atoms with Crippen LogP contribution in [0.4, 0.5) is 5.69 Å². The van der Waals surface area contributed by atoms with Gasteiger partial charge in [0.1, 0.15) is 0 Å². The van der Waals surface area contributed by atoms with Crippen molar-refractivity contribution in [2.24, 2.45) is 0 Å². The minimum Gasteiger partial charge on any atom is -0.384 e. The van der Waals surface area contributed by atoms with Crippen molar-refractivity contribution in [3.8, 4) is 0 Å². The Labute approximate surface area is 190 Å². The van der Waals surface area contributed by atoms with Gasteiger partial charge in [0.05, 0.1) is 5.52 Å². The van der Waals surface area contributed by atoms with Crippen molar-refractivity contribution in [3.05, 3.63) is 70.9 Å². The van der Waals surface area contributed by atoms with E-state index >= 15 is 0 Å². The lowest BCUT2D eigenvalue weighted by atomic mass is 10.0. The zero-order valence-electron chi connectivity index (χ0n) is 18.5. The number of unbranched alkanes of at least 4 members (excludes halogenated alkanes) is 3. The molecule has 0 aliphatic carbocycles. The molecule has 31 heavy (non-hydrogen) atoms. The van der Waals surface area contributed by atoms with E-state index in [1.807, 2.05) is 43.4 Å². The molecule has 3 aromatic rings. The van der Waals surface area contributed by atoms with Gasteiger partial charge in [-0.1, -0.05) is 49.9 Å². The first-order valence-corrected chi connectivity index (χ1v) is 11.6. The highest BCUT2D eigenvalue weighted by atomic mass is 35.5. The van der Waals surface area contributed by atoms with E-state index in [1.54, 1.807) is 11.1 Å². The van der Waals surface area contributed by atoms with E-state index in [2.05, 4.69) is 29.4 Å². The molecular weight excluding hydrogens is 406 g/mol. The summed E-state index contributed by atoms with van der Waals surface area (Å²) in [5.41, 5.74) is 3.97. The molecule has 1 heterocycles. The second-order valence-corrected chi connectivity index (χ2v) is 8.47. The van der Waals surface area contributed by atoms with E-state index in [1.165, 1.54) is 31.2 Å². The summed E-state index contributed by atoms with van der Waals surface area (Å²) in [7, 11) is 1.87. The summed E-state index contributed by atoms with van der Waals surface area (Å²) in [6, 6.07) is 15.8. The Balaban J connectivity index is 1.45. The summed E-state index contributed by atoms with van der Waals surface area (Å²) < 4.78 is 0. The van der Waals surface area contributed by atoms with Crippen LogP contribution in [0.1, 0.15) is 54.9 Å². The molecule has 5 heteroatoms. The summed E-state index contributed by atoms with van der Waals surface area (Å²) >= 11 is 6.06. The Morgan fingerprint density at radius 2 is 1.84 bits per heavy atom. The lowest BCUT2D eigenvalue weighted by molar-refractivity contribution is 0.0794. The molecule has 4 nitrogen and oxygen atoms in total. The maximum absolute atomic E-state index is 12.7. The van der Waals surface area contributed by atoms with Crippen molar-refractivity contribution in [1.29, 1.82) is 0 Å². The third-order valence-corrected chi connectivity index (χ3v) is 5.79. The fraction of sp³-hybridized carbons (Fsp3) is 0.385. The zero-order valence-corrected chi connectivity index (χ0v) is 19.3. The fourth-order valence-corrected chi connectivity index (χ4v) is 3.87. The summed E-state index contributed by atoms with van der Waals surface area (Å²) in [5.74, 6) is 0.0709. The number of carbonyl (C=O) groups excluding carboxylic acids is 1. The highest BCUT2D eigenvalue weighted by molar-refractivity contribution is 6.31. The Bertz CT molecular complexity index is 988. The summed E-state index contributed by atoms with van der Waals surface area (Å²) in [5, 5.41) is 5.19. The number of hydrogen-bond donors (Lipinski definition) is 1. The number of carbonyl (C=O) groups is 1. The van der Waals surface area contributed by atoms with Crippen LogP contribution < -0.4 is 5.32 Å². The minimum atomic E-state index is 0.0709. The summed E-state index contributed by atoms with van der Waals surface area (Å²) in [6.45, 7) is 3.69.